The molecule has 24 heavy (non-hydrogen) atoms. The van der Waals surface area contributed by atoms with Gasteiger partial charge in [-0.15, -0.1) is 11.3 Å². The SMILES string of the molecule is CC(C)[C@H](NC(=O)Cn1ncc(=O)c2ccccc21)c1cccs1. The van der Waals surface area contributed by atoms with Crippen LogP contribution in [0.3, 0.4) is 0 Å². The third kappa shape index (κ3) is 3.38. The van der Waals surface area contributed by atoms with Gasteiger partial charge in [0.25, 0.3) is 0 Å². The lowest BCUT2D eigenvalue weighted by molar-refractivity contribution is -0.122. The van der Waals surface area contributed by atoms with Gasteiger partial charge in [-0.05, 0) is 29.5 Å². The quantitative estimate of drug-likeness (QED) is 0.776. The Kier molecular flexibility index (Phi) is 4.76. The van der Waals surface area contributed by atoms with Crippen LogP contribution >= 0.6 is 11.3 Å². The highest BCUT2D eigenvalue weighted by Gasteiger charge is 2.19. The minimum absolute atomic E-state index is 0.0249. The number of fused-ring (bicyclic) bond motifs is 1. The van der Waals surface area contributed by atoms with Crippen molar-refractivity contribution in [3.63, 3.8) is 0 Å². The maximum atomic E-state index is 12.5. The molecule has 3 rings (SSSR count). The summed E-state index contributed by atoms with van der Waals surface area (Å²) in [6.45, 7) is 4.24. The number of nitrogens with zero attached hydrogens (tertiary/aromatic N) is 2. The Hall–Kier alpha value is -2.47. The molecule has 0 aliphatic carbocycles. The summed E-state index contributed by atoms with van der Waals surface area (Å²) in [5, 5.41) is 9.76. The van der Waals surface area contributed by atoms with Crippen molar-refractivity contribution in [3.05, 3.63) is 63.1 Å². The highest BCUT2D eigenvalue weighted by atomic mass is 32.1. The number of hydrogen-bond donors (Lipinski definition) is 1. The van der Waals surface area contributed by atoms with Crippen LogP contribution in [0.1, 0.15) is 24.8 Å². The van der Waals surface area contributed by atoms with Gasteiger partial charge in [-0.2, -0.15) is 5.10 Å². The van der Waals surface area contributed by atoms with Gasteiger partial charge in [-0.1, -0.05) is 32.0 Å². The van der Waals surface area contributed by atoms with E-state index in [0.717, 1.165) is 4.88 Å². The van der Waals surface area contributed by atoms with Crippen LogP contribution in [0.5, 0.6) is 0 Å². The van der Waals surface area contributed by atoms with Gasteiger partial charge in [0.2, 0.25) is 11.3 Å². The predicted molar refractivity (Wildman–Crippen MR) is 96.0 cm³/mol. The number of aromatic nitrogens is 2. The van der Waals surface area contributed by atoms with Crippen LogP contribution in [0.25, 0.3) is 10.9 Å². The molecule has 5 nitrogen and oxygen atoms in total. The van der Waals surface area contributed by atoms with Gasteiger partial charge >= 0.3 is 0 Å². The lowest BCUT2D eigenvalue weighted by atomic mass is 10.0. The molecule has 0 unspecified atom stereocenters. The smallest absolute Gasteiger partial charge is 0.242 e. The fourth-order valence-corrected chi connectivity index (χ4v) is 3.63. The van der Waals surface area contributed by atoms with Gasteiger partial charge in [0.1, 0.15) is 6.54 Å². The molecule has 0 aliphatic rings. The van der Waals surface area contributed by atoms with Crippen molar-refractivity contribution < 1.29 is 4.79 Å². The molecule has 2 aromatic heterocycles. The number of thiophene rings is 1. The molecular formula is C18H19N3O2S. The molecule has 124 valence electrons. The second-order valence-electron chi connectivity index (χ2n) is 5.99. The third-order valence-electron chi connectivity index (χ3n) is 3.89. The van der Waals surface area contributed by atoms with Crippen molar-refractivity contribution in [3.8, 4) is 0 Å². The van der Waals surface area contributed by atoms with Crippen molar-refractivity contribution >= 4 is 28.1 Å². The van der Waals surface area contributed by atoms with E-state index in [-0.39, 0.29) is 29.8 Å². The van der Waals surface area contributed by atoms with Crippen LogP contribution in [0, 0.1) is 5.92 Å². The summed E-state index contributed by atoms with van der Waals surface area (Å²) in [4.78, 5) is 25.5. The van der Waals surface area contributed by atoms with Crippen LogP contribution in [0.4, 0.5) is 0 Å². The fourth-order valence-electron chi connectivity index (χ4n) is 2.68. The summed E-state index contributed by atoms with van der Waals surface area (Å²) in [6.07, 6.45) is 1.26. The normalized spacial score (nSPS) is 12.5. The second-order valence-corrected chi connectivity index (χ2v) is 6.97. The number of hydrogen-bond acceptors (Lipinski definition) is 4. The van der Waals surface area contributed by atoms with Crippen molar-refractivity contribution in [1.82, 2.24) is 15.1 Å². The van der Waals surface area contributed by atoms with Crippen LogP contribution in [0.15, 0.2) is 52.8 Å². The van der Waals surface area contributed by atoms with Gasteiger partial charge in [0, 0.05) is 10.3 Å². The Morgan fingerprint density at radius 1 is 1.25 bits per heavy atom. The molecule has 0 bridgehead atoms. The monoisotopic (exact) mass is 341 g/mol. The Morgan fingerprint density at radius 2 is 2.04 bits per heavy atom. The maximum absolute atomic E-state index is 12.5. The van der Waals surface area contributed by atoms with E-state index in [1.165, 1.54) is 6.20 Å². The molecular weight excluding hydrogens is 322 g/mol. The van der Waals surface area contributed by atoms with Crippen molar-refractivity contribution in [2.75, 3.05) is 0 Å². The number of nitrogens with one attached hydrogen (secondary N) is 1. The standard InChI is InChI=1S/C18H19N3O2S/c1-12(2)18(16-8-5-9-24-16)20-17(23)11-21-14-7-4-3-6-13(14)15(22)10-19-21/h3-10,12,18H,11H2,1-2H3,(H,20,23)/t18-/m0/s1. The topological polar surface area (TPSA) is 64.0 Å². The van der Waals surface area contributed by atoms with Crippen molar-refractivity contribution in [2.24, 2.45) is 5.92 Å². The van der Waals surface area contributed by atoms with Gasteiger partial charge < -0.3 is 5.32 Å². The zero-order chi connectivity index (χ0) is 17.1. The summed E-state index contributed by atoms with van der Waals surface area (Å²) in [6, 6.07) is 11.2. The molecule has 0 spiro atoms. The van der Waals surface area contributed by atoms with Gasteiger partial charge in [0.15, 0.2) is 0 Å². The number of amides is 1. The first-order valence-electron chi connectivity index (χ1n) is 7.84. The fraction of sp³-hybridized carbons (Fsp3) is 0.278. The summed E-state index contributed by atoms with van der Waals surface area (Å²) in [5.41, 5.74) is 0.526. The predicted octanol–water partition coefficient (Wildman–Crippen LogP) is 2.97. The van der Waals surface area contributed by atoms with Crippen LogP contribution in [0.2, 0.25) is 0 Å². The van der Waals surface area contributed by atoms with Crippen molar-refractivity contribution in [2.45, 2.75) is 26.4 Å². The van der Waals surface area contributed by atoms with E-state index in [9.17, 15) is 9.59 Å². The third-order valence-corrected chi connectivity index (χ3v) is 4.84. The first kappa shape index (κ1) is 16.4. The van der Waals surface area contributed by atoms with Crippen LogP contribution in [-0.2, 0) is 11.3 Å². The Balaban J connectivity index is 1.83. The molecule has 1 aromatic carbocycles. The van der Waals surface area contributed by atoms with Crippen LogP contribution < -0.4 is 10.7 Å². The Bertz CT molecular complexity index is 900. The zero-order valence-electron chi connectivity index (χ0n) is 13.6. The Labute approximate surface area is 143 Å². The van der Waals surface area contributed by atoms with Gasteiger partial charge in [0.05, 0.1) is 17.8 Å². The molecule has 0 saturated heterocycles. The molecule has 1 amide bonds. The summed E-state index contributed by atoms with van der Waals surface area (Å²) in [5.74, 6) is 0.162. The van der Waals surface area contributed by atoms with E-state index in [0.29, 0.717) is 10.9 Å². The second kappa shape index (κ2) is 6.97. The minimum atomic E-state index is -0.138. The summed E-state index contributed by atoms with van der Waals surface area (Å²) < 4.78 is 1.57. The van der Waals surface area contributed by atoms with Gasteiger partial charge in [-0.3, -0.25) is 14.3 Å². The molecule has 0 radical (unpaired) electrons. The lowest BCUT2D eigenvalue weighted by Gasteiger charge is -2.21. The summed E-state index contributed by atoms with van der Waals surface area (Å²) >= 11 is 1.63. The molecule has 2 heterocycles. The molecule has 0 fully saturated rings. The number of para-hydroxylation sites is 1. The minimum Gasteiger partial charge on any atom is -0.347 e. The van der Waals surface area contributed by atoms with E-state index in [1.807, 2.05) is 23.6 Å². The number of benzene rings is 1. The molecule has 1 atom stereocenters. The van der Waals surface area contributed by atoms with E-state index in [4.69, 9.17) is 0 Å². The molecule has 6 heteroatoms. The van der Waals surface area contributed by atoms with E-state index in [2.05, 4.69) is 24.3 Å². The largest absolute Gasteiger partial charge is 0.347 e. The number of carbonyl (C=O) groups is 1. The molecule has 0 saturated carbocycles. The van der Waals surface area contributed by atoms with E-state index in [1.54, 1.807) is 34.2 Å². The van der Waals surface area contributed by atoms with Crippen molar-refractivity contribution in [1.29, 1.82) is 0 Å². The average molecular weight is 341 g/mol. The Morgan fingerprint density at radius 3 is 2.75 bits per heavy atom. The van der Waals surface area contributed by atoms with E-state index < -0.39 is 0 Å². The zero-order valence-corrected chi connectivity index (χ0v) is 14.4. The molecule has 3 aromatic rings. The average Bonchev–Trinajstić information content (AvgIpc) is 3.09. The summed E-state index contributed by atoms with van der Waals surface area (Å²) in [7, 11) is 0. The maximum Gasteiger partial charge on any atom is 0.242 e. The number of rotatable bonds is 5. The van der Waals surface area contributed by atoms with E-state index >= 15 is 0 Å². The number of carbonyl (C=O) groups excluding carboxylic acids is 1. The highest BCUT2D eigenvalue weighted by molar-refractivity contribution is 7.10. The first-order chi connectivity index (χ1) is 11.6. The molecule has 0 aliphatic heterocycles. The first-order valence-corrected chi connectivity index (χ1v) is 8.72. The van der Waals surface area contributed by atoms with Gasteiger partial charge in [-0.25, -0.2) is 0 Å². The lowest BCUT2D eigenvalue weighted by Crippen LogP contribution is -2.34. The van der Waals surface area contributed by atoms with Crippen LogP contribution in [-0.4, -0.2) is 15.7 Å². The molecule has 1 N–H and O–H groups in total. The highest BCUT2D eigenvalue weighted by Crippen LogP contribution is 2.25.